The Balaban J connectivity index is 2.24. The summed E-state index contributed by atoms with van der Waals surface area (Å²) < 4.78 is 8.50. The number of nitrogens with zero attached hydrogens (tertiary/aromatic N) is 2. The second-order valence-corrected chi connectivity index (χ2v) is 5.63. The standard InChI is InChI=1S/C13H17N3OS/c1-9-4-5-10-11(14-9)16(12(18)15-10)13(2)6-3-7-17-8-13/h4-5H,3,6-8H2,1-2H3,(H,15,18). The lowest BCUT2D eigenvalue weighted by atomic mass is 9.94. The summed E-state index contributed by atoms with van der Waals surface area (Å²) >= 11 is 5.46. The van der Waals surface area contributed by atoms with Crippen LogP contribution in [0.5, 0.6) is 0 Å². The van der Waals surface area contributed by atoms with Gasteiger partial charge in [-0.25, -0.2) is 4.98 Å². The molecule has 0 aliphatic carbocycles. The lowest BCUT2D eigenvalue weighted by Gasteiger charge is -2.34. The molecule has 0 radical (unpaired) electrons. The Bertz CT molecular complexity index is 637. The molecule has 1 aliphatic rings. The molecule has 1 saturated heterocycles. The molecule has 96 valence electrons. The second-order valence-electron chi connectivity index (χ2n) is 5.24. The van der Waals surface area contributed by atoms with Crippen LogP contribution < -0.4 is 0 Å². The van der Waals surface area contributed by atoms with Crippen LogP contribution in [-0.4, -0.2) is 27.7 Å². The number of aromatic nitrogens is 3. The van der Waals surface area contributed by atoms with Crippen molar-refractivity contribution in [1.82, 2.24) is 14.5 Å². The van der Waals surface area contributed by atoms with Gasteiger partial charge in [0.15, 0.2) is 10.4 Å². The Morgan fingerprint density at radius 1 is 1.50 bits per heavy atom. The molecule has 2 aromatic rings. The number of nitrogens with one attached hydrogen (secondary N) is 1. The van der Waals surface area contributed by atoms with E-state index in [2.05, 4.69) is 21.5 Å². The average Bonchev–Trinajstić information content (AvgIpc) is 2.66. The maximum Gasteiger partial charge on any atom is 0.179 e. The van der Waals surface area contributed by atoms with Crippen molar-refractivity contribution in [1.29, 1.82) is 0 Å². The molecule has 0 spiro atoms. The van der Waals surface area contributed by atoms with Crippen LogP contribution in [0.2, 0.25) is 0 Å². The van der Waals surface area contributed by atoms with Gasteiger partial charge in [-0.3, -0.25) is 4.57 Å². The zero-order chi connectivity index (χ0) is 12.8. The third-order valence-corrected chi connectivity index (χ3v) is 3.91. The number of aromatic amines is 1. The van der Waals surface area contributed by atoms with Crippen LogP contribution >= 0.6 is 12.2 Å². The van der Waals surface area contributed by atoms with E-state index in [1.54, 1.807) is 0 Å². The van der Waals surface area contributed by atoms with Crippen molar-refractivity contribution in [2.75, 3.05) is 13.2 Å². The minimum Gasteiger partial charge on any atom is -0.379 e. The van der Waals surface area contributed by atoms with E-state index in [0.717, 1.165) is 41.1 Å². The Morgan fingerprint density at radius 3 is 3.06 bits per heavy atom. The molecule has 3 heterocycles. The second kappa shape index (κ2) is 4.17. The van der Waals surface area contributed by atoms with Crippen LogP contribution in [0.15, 0.2) is 12.1 Å². The summed E-state index contributed by atoms with van der Waals surface area (Å²) in [6, 6.07) is 4.04. The van der Waals surface area contributed by atoms with Crippen LogP contribution in [0.4, 0.5) is 0 Å². The van der Waals surface area contributed by atoms with E-state index in [0.29, 0.717) is 6.61 Å². The fourth-order valence-corrected chi connectivity index (χ4v) is 3.09. The first-order chi connectivity index (χ1) is 8.60. The number of aryl methyl sites for hydroxylation is 1. The normalized spacial score (nSPS) is 24.6. The quantitative estimate of drug-likeness (QED) is 0.804. The van der Waals surface area contributed by atoms with Crippen molar-refractivity contribution >= 4 is 23.4 Å². The smallest absolute Gasteiger partial charge is 0.179 e. The molecular weight excluding hydrogens is 246 g/mol. The van der Waals surface area contributed by atoms with Gasteiger partial charge >= 0.3 is 0 Å². The summed E-state index contributed by atoms with van der Waals surface area (Å²) in [5.41, 5.74) is 2.85. The molecule has 0 aromatic carbocycles. The van der Waals surface area contributed by atoms with Gasteiger partial charge in [0.2, 0.25) is 0 Å². The van der Waals surface area contributed by atoms with Gasteiger partial charge in [-0.1, -0.05) is 0 Å². The third-order valence-electron chi connectivity index (χ3n) is 3.63. The largest absolute Gasteiger partial charge is 0.379 e. The molecular formula is C13H17N3OS. The number of rotatable bonds is 1. The summed E-state index contributed by atoms with van der Waals surface area (Å²) in [7, 11) is 0. The van der Waals surface area contributed by atoms with Crippen molar-refractivity contribution in [3.8, 4) is 0 Å². The number of hydrogen-bond acceptors (Lipinski definition) is 3. The fourth-order valence-electron chi connectivity index (χ4n) is 2.67. The molecule has 3 rings (SSSR count). The average molecular weight is 263 g/mol. The lowest BCUT2D eigenvalue weighted by Crippen LogP contribution is -2.39. The van der Waals surface area contributed by atoms with Gasteiger partial charge in [0.25, 0.3) is 0 Å². The van der Waals surface area contributed by atoms with Crippen LogP contribution in [0.25, 0.3) is 11.2 Å². The minimum absolute atomic E-state index is 0.0889. The van der Waals surface area contributed by atoms with Crippen LogP contribution in [0, 0.1) is 11.7 Å². The van der Waals surface area contributed by atoms with Gasteiger partial charge in [-0.15, -0.1) is 0 Å². The van der Waals surface area contributed by atoms with E-state index in [-0.39, 0.29) is 5.54 Å². The molecule has 1 atom stereocenters. The molecule has 4 nitrogen and oxygen atoms in total. The molecule has 1 fully saturated rings. The van der Waals surface area contributed by atoms with E-state index in [1.807, 2.05) is 19.1 Å². The number of H-pyrrole nitrogens is 1. The molecule has 0 amide bonds. The van der Waals surface area contributed by atoms with Crippen molar-refractivity contribution in [3.63, 3.8) is 0 Å². The SMILES string of the molecule is Cc1ccc2[nH]c(=S)n(C3(C)CCCOC3)c2n1. The zero-order valence-corrected chi connectivity index (χ0v) is 11.5. The van der Waals surface area contributed by atoms with E-state index < -0.39 is 0 Å². The van der Waals surface area contributed by atoms with Gasteiger partial charge < -0.3 is 9.72 Å². The monoisotopic (exact) mass is 263 g/mol. The first-order valence-electron chi connectivity index (χ1n) is 6.27. The van der Waals surface area contributed by atoms with Gasteiger partial charge in [0.1, 0.15) is 0 Å². The van der Waals surface area contributed by atoms with Crippen molar-refractivity contribution in [3.05, 3.63) is 22.6 Å². The molecule has 1 aliphatic heterocycles. The summed E-state index contributed by atoms with van der Waals surface area (Å²) in [4.78, 5) is 7.86. The molecule has 18 heavy (non-hydrogen) atoms. The van der Waals surface area contributed by atoms with Crippen LogP contribution in [-0.2, 0) is 10.3 Å². The molecule has 0 saturated carbocycles. The molecule has 1 N–H and O–H groups in total. The highest BCUT2D eigenvalue weighted by molar-refractivity contribution is 7.71. The third kappa shape index (κ3) is 1.78. The summed E-state index contributed by atoms with van der Waals surface area (Å²) in [5.74, 6) is 0. The van der Waals surface area contributed by atoms with Gasteiger partial charge in [0.05, 0.1) is 17.7 Å². The highest BCUT2D eigenvalue weighted by Crippen LogP contribution is 2.30. The fraction of sp³-hybridized carbons (Fsp3) is 0.538. The number of imidazole rings is 1. The molecule has 2 aromatic heterocycles. The summed E-state index contributed by atoms with van der Waals surface area (Å²) in [6.07, 6.45) is 2.14. The Hall–Kier alpha value is -1.20. The summed E-state index contributed by atoms with van der Waals surface area (Å²) in [6.45, 7) is 5.74. The number of pyridine rings is 1. The highest BCUT2D eigenvalue weighted by atomic mass is 32.1. The number of fused-ring (bicyclic) bond motifs is 1. The highest BCUT2D eigenvalue weighted by Gasteiger charge is 2.32. The zero-order valence-electron chi connectivity index (χ0n) is 10.7. The van der Waals surface area contributed by atoms with Gasteiger partial charge in [-0.05, 0) is 51.0 Å². The number of ether oxygens (including phenoxy) is 1. The Morgan fingerprint density at radius 2 is 2.33 bits per heavy atom. The van der Waals surface area contributed by atoms with Crippen molar-refractivity contribution in [2.45, 2.75) is 32.2 Å². The molecule has 1 unspecified atom stereocenters. The van der Waals surface area contributed by atoms with E-state index >= 15 is 0 Å². The van der Waals surface area contributed by atoms with E-state index in [9.17, 15) is 0 Å². The van der Waals surface area contributed by atoms with E-state index in [1.165, 1.54) is 0 Å². The topological polar surface area (TPSA) is 42.8 Å². The molecule has 0 bridgehead atoms. The van der Waals surface area contributed by atoms with Gasteiger partial charge in [0, 0.05) is 12.3 Å². The minimum atomic E-state index is -0.0889. The van der Waals surface area contributed by atoms with E-state index in [4.69, 9.17) is 17.0 Å². The summed E-state index contributed by atoms with van der Waals surface area (Å²) in [5, 5.41) is 0. The number of hydrogen-bond donors (Lipinski definition) is 1. The Kier molecular flexibility index (Phi) is 2.75. The maximum atomic E-state index is 5.63. The van der Waals surface area contributed by atoms with Crippen LogP contribution in [0.1, 0.15) is 25.5 Å². The first-order valence-corrected chi connectivity index (χ1v) is 6.68. The van der Waals surface area contributed by atoms with Crippen molar-refractivity contribution < 1.29 is 4.74 Å². The maximum absolute atomic E-state index is 5.63. The van der Waals surface area contributed by atoms with Crippen LogP contribution in [0.3, 0.4) is 0 Å². The van der Waals surface area contributed by atoms with Crippen molar-refractivity contribution in [2.24, 2.45) is 0 Å². The molecule has 5 heteroatoms. The first kappa shape index (κ1) is 11.9. The lowest BCUT2D eigenvalue weighted by molar-refractivity contribution is 0.0105. The predicted molar refractivity (Wildman–Crippen MR) is 73.4 cm³/mol. The predicted octanol–water partition coefficient (Wildman–Crippen LogP) is 2.93. The Labute approximate surface area is 111 Å². The van der Waals surface area contributed by atoms with Gasteiger partial charge in [-0.2, -0.15) is 0 Å².